The number of aromatic nitrogens is 2. The standard InChI is InChI=1S/C15H17ClN2O2/c1-11-14(15(16)18(2)17-11)10-12(19)8-9-20-13-6-4-3-5-7-13/h3-7H,8-10H2,1-2H3. The summed E-state index contributed by atoms with van der Waals surface area (Å²) in [5, 5.41) is 4.72. The predicted molar refractivity (Wildman–Crippen MR) is 78.2 cm³/mol. The van der Waals surface area contributed by atoms with E-state index in [1.165, 1.54) is 0 Å². The maximum Gasteiger partial charge on any atom is 0.140 e. The molecule has 0 radical (unpaired) electrons. The molecule has 5 heteroatoms. The number of halogens is 1. The van der Waals surface area contributed by atoms with E-state index < -0.39 is 0 Å². The topological polar surface area (TPSA) is 44.1 Å². The SMILES string of the molecule is Cc1nn(C)c(Cl)c1CC(=O)CCOc1ccccc1. The lowest BCUT2D eigenvalue weighted by Crippen LogP contribution is -2.09. The van der Waals surface area contributed by atoms with Gasteiger partial charge in [0.1, 0.15) is 16.7 Å². The van der Waals surface area contributed by atoms with Crippen molar-refractivity contribution in [3.63, 3.8) is 0 Å². The number of para-hydroxylation sites is 1. The van der Waals surface area contributed by atoms with E-state index in [9.17, 15) is 4.79 Å². The Morgan fingerprint density at radius 1 is 1.35 bits per heavy atom. The summed E-state index contributed by atoms with van der Waals surface area (Å²) in [5.74, 6) is 0.870. The van der Waals surface area contributed by atoms with Gasteiger partial charge in [-0.25, -0.2) is 0 Å². The first-order valence-corrected chi connectivity index (χ1v) is 6.83. The van der Waals surface area contributed by atoms with Gasteiger partial charge in [0.25, 0.3) is 0 Å². The van der Waals surface area contributed by atoms with Crippen LogP contribution in [0.5, 0.6) is 5.75 Å². The molecule has 0 atom stereocenters. The van der Waals surface area contributed by atoms with E-state index in [1.54, 1.807) is 11.7 Å². The summed E-state index contributed by atoms with van der Waals surface area (Å²) in [4.78, 5) is 11.9. The summed E-state index contributed by atoms with van der Waals surface area (Å²) in [6.07, 6.45) is 0.663. The number of Topliss-reactive ketones (excluding diaryl/α,β-unsaturated/α-hetero) is 1. The maximum atomic E-state index is 11.9. The summed E-state index contributed by atoms with van der Waals surface area (Å²) >= 11 is 6.11. The minimum absolute atomic E-state index is 0.0962. The number of carbonyl (C=O) groups is 1. The number of ether oxygens (including phenoxy) is 1. The van der Waals surface area contributed by atoms with Crippen LogP contribution in [-0.4, -0.2) is 22.2 Å². The highest BCUT2D eigenvalue weighted by atomic mass is 35.5. The lowest BCUT2D eigenvalue weighted by atomic mass is 10.1. The largest absolute Gasteiger partial charge is 0.493 e. The van der Waals surface area contributed by atoms with Crippen LogP contribution < -0.4 is 4.74 Å². The Hall–Kier alpha value is -1.81. The Bertz CT molecular complexity index is 593. The molecule has 0 aliphatic heterocycles. The molecule has 0 spiro atoms. The van der Waals surface area contributed by atoms with Gasteiger partial charge < -0.3 is 4.74 Å². The van der Waals surface area contributed by atoms with E-state index in [1.807, 2.05) is 37.3 Å². The van der Waals surface area contributed by atoms with Crippen LogP contribution in [0.3, 0.4) is 0 Å². The zero-order valence-electron chi connectivity index (χ0n) is 11.6. The van der Waals surface area contributed by atoms with Crippen molar-refractivity contribution in [1.82, 2.24) is 9.78 Å². The van der Waals surface area contributed by atoms with Gasteiger partial charge >= 0.3 is 0 Å². The predicted octanol–water partition coefficient (Wildman–Crippen LogP) is 2.96. The molecule has 0 unspecified atom stereocenters. The molecule has 106 valence electrons. The molecule has 0 aliphatic carbocycles. The molecule has 1 aromatic carbocycles. The van der Waals surface area contributed by atoms with Crippen molar-refractivity contribution >= 4 is 17.4 Å². The van der Waals surface area contributed by atoms with Gasteiger partial charge in [0.05, 0.1) is 12.3 Å². The normalized spacial score (nSPS) is 10.6. The third-order valence-electron chi connectivity index (χ3n) is 3.04. The Morgan fingerprint density at radius 2 is 2.05 bits per heavy atom. The summed E-state index contributed by atoms with van der Waals surface area (Å²) < 4.78 is 7.09. The maximum absolute atomic E-state index is 11.9. The molecular weight excluding hydrogens is 276 g/mol. The van der Waals surface area contributed by atoms with Crippen LogP contribution in [-0.2, 0) is 18.3 Å². The van der Waals surface area contributed by atoms with Gasteiger partial charge in [-0.1, -0.05) is 29.8 Å². The lowest BCUT2D eigenvalue weighted by molar-refractivity contribution is -0.118. The smallest absolute Gasteiger partial charge is 0.140 e. The van der Waals surface area contributed by atoms with Crippen molar-refractivity contribution in [2.75, 3.05) is 6.61 Å². The van der Waals surface area contributed by atoms with Crippen molar-refractivity contribution < 1.29 is 9.53 Å². The Labute approximate surface area is 123 Å². The Kier molecular flexibility index (Phi) is 4.79. The fourth-order valence-corrected chi connectivity index (χ4v) is 2.20. The number of rotatable bonds is 6. The number of hydrogen-bond acceptors (Lipinski definition) is 3. The number of carbonyl (C=O) groups excluding carboxylic acids is 1. The van der Waals surface area contributed by atoms with Crippen LogP contribution in [0.15, 0.2) is 30.3 Å². The molecule has 0 N–H and O–H groups in total. The summed E-state index contributed by atoms with van der Waals surface area (Å²) in [7, 11) is 1.77. The van der Waals surface area contributed by atoms with Gasteiger partial charge in [-0.15, -0.1) is 0 Å². The summed E-state index contributed by atoms with van der Waals surface area (Å²) in [5.41, 5.74) is 1.61. The van der Waals surface area contributed by atoms with E-state index in [4.69, 9.17) is 16.3 Å². The molecule has 2 rings (SSSR count). The number of benzene rings is 1. The lowest BCUT2D eigenvalue weighted by Gasteiger charge is -2.05. The molecule has 0 fully saturated rings. The average Bonchev–Trinajstić information content (AvgIpc) is 2.67. The van der Waals surface area contributed by atoms with Crippen LogP contribution in [0, 0.1) is 6.92 Å². The second kappa shape index (κ2) is 6.57. The van der Waals surface area contributed by atoms with Crippen LogP contribution in [0.25, 0.3) is 0 Å². The van der Waals surface area contributed by atoms with E-state index in [2.05, 4.69) is 5.10 Å². The summed E-state index contributed by atoms with van der Waals surface area (Å²) in [6, 6.07) is 9.45. The third kappa shape index (κ3) is 3.61. The van der Waals surface area contributed by atoms with E-state index in [0.29, 0.717) is 24.6 Å². The van der Waals surface area contributed by atoms with E-state index in [-0.39, 0.29) is 5.78 Å². The van der Waals surface area contributed by atoms with E-state index >= 15 is 0 Å². The van der Waals surface area contributed by atoms with Gasteiger partial charge in [0.2, 0.25) is 0 Å². The fraction of sp³-hybridized carbons (Fsp3) is 0.333. The van der Waals surface area contributed by atoms with Gasteiger partial charge in [-0.3, -0.25) is 9.48 Å². The Balaban J connectivity index is 1.84. The molecule has 0 saturated heterocycles. The highest BCUT2D eigenvalue weighted by Crippen LogP contribution is 2.19. The molecule has 1 heterocycles. The molecule has 1 aromatic heterocycles. The number of aryl methyl sites for hydroxylation is 2. The first-order valence-electron chi connectivity index (χ1n) is 6.45. The Morgan fingerprint density at radius 3 is 2.65 bits per heavy atom. The van der Waals surface area contributed by atoms with Crippen molar-refractivity contribution in [3.05, 3.63) is 46.7 Å². The minimum atomic E-state index is 0.0962. The number of ketones is 1. The zero-order valence-corrected chi connectivity index (χ0v) is 12.4. The van der Waals surface area contributed by atoms with Crippen LogP contribution >= 0.6 is 11.6 Å². The molecule has 0 bridgehead atoms. The quantitative estimate of drug-likeness (QED) is 0.822. The molecule has 2 aromatic rings. The average molecular weight is 293 g/mol. The minimum Gasteiger partial charge on any atom is -0.493 e. The highest BCUT2D eigenvalue weighted by Gasteiger charge is 2.14. The first-order chi connectivity index (χ1) is 9.58. The van der Waals surface area contributed by atoms with Gasteiger partial charge in [-0.05, 0) is 19.1 Å². The molecule has 20 heavy (non-hydrogen) atoms. The first kappa shape index (κ1) is 14.6. The van der Waals surface area contributed by atoms with Crippen molar-refractivity contribution in [1.29, 1.82) is 0 Å². The second-order valence-corrected chi connectivity index (χ2v) is 4.96. The van der Waals surface area contributed by atoms with Crippen LogP contribution in [0.1, 0.15) is 17.7 Å². The van der Waals surface area contributed by atoms with Gasteiger partial charge in [0.15, 0.2) is 0 Å². The second-order valence-electron chi connectivity index (χ2n) is 4.61. The molecule has 4 nitrogen and oxygen atoms in total. The summed E-state index contributed by atoms with van der Waals surface area (Å²) in [6.45, 7) is 2.23. The monoisotopic (exact) mass is 292 g/mol. The van der Waals surface area contributed by atoms with Gasteiger partial charge in [0, 0.05) is 25.5 Å². The van der Waals surface area contributed by atoms with Crippen LogP contribution in [0.2, 0.25) is 5.15 Å². The molecular formula is C15H17ClN2O2. The van der Waals surface area contributed by atoms with Gasteiger partial charge in [-0.2, -0.15) is 5.10 Å². The van der Waals surface area contributed by atoms with Crippen molar-refractivity contribution in [2.24, 2.45) is 7.05 Å². The number of hydrogen-bond donors (Lipinski definition) is 0. The zero-order chi connectivity index (χ0) is 14.5. The molecule has 0 saturated carbocycles. The van der Waals surface area contributed by atoms with Crippen molar-refractivity contribution in [2.45, 2.75) is 19.8 Å². The highest BCUT2D eigenvalue weighted by molar-refractivity contribution is 6.30. The fourth-order valence-electron chi connectivity index (χ4n) is 1.96. The molecule has 0 aliphatic rings. The van der Waals surface area contributed by atoms with Crippen LogP contribution in [0.4, 0.5) is 0 Å². The number of nitrogens with zero attached hydrogens (tertiary/aromatic N) is 2. The van der Waals surface area contributed by atoms with E-state index in [0.717, 1.165) is 17.0 Å². The van der Waals surface area contributed by atoms with Crippen molar-refractivity contribution in [3.8, 4) is 5.75 Å². The molecule has 0 amide bonds. The third-order valence-corrected chi connectivity index (χ3v) is 3.51.